The van der Waals surface area contributed by atoms with Gasteiger partial charge in [-0.05, 0) is 93.9 Å². The smallest absolute Gasteiger partial charge is 0.120 e. The van der Waals surface area contributed by atoms with Crippen LogP contribution in [0.25, 0.3) is 0 Å². The molecule has 2 aromatic rings. The third-order valence-electron chi connectivity index (χ3n) is 6.68. The highest BCUT2D eigenvalue weighted by atomic mass is 79.9. The lowest BCUT2D eigenvalue weighted by atomic mass is 9.87. The Morgan fingerprint density at radius 1 is 1.03 bits per heavy atom. The summed E-state index contributed by atoms with van der Waals surface area (Å²) >= 11 is 3.75. The SMILES string of the molecule is CC(C)Oc1ccc(Br)c(CC2CCN(CC3CCN(C)c4ccccc43)CC2)c1. The van der Waals surface area contributed by atoms with Gasteiger partial charge in [0, 0.05) is 36.2 Å². The first-order valence-corrected chi connectivity index (χ1v) is 12.3. The number of halogens is 1. The third-order valence-corrected chi connectivity index (χ3v) is 7.46. The summed E-state index contributed by atoms with van der Waals surface area (Å²) in [6, 6.07) is 15.4. The molecule has 0 spiro atoms. The Balaban J connectivity index is 1.32. The van der Waals surface area contributed by atoms with E-state index >= 15 is 0 Å². The first-order valence-electron chi connectivity index (χ1n) is 11.5. The summed E-state index contributed by atoms with van der Waals surface area (Å²) in [6.45, 7) is 8.98. The average molecular weight is 471 g/mol. The second kappa shape index (κ2) is 9.74. The van der Waals surface area contributed by atoms with Gasteiger partial charge < -0.3 is 14.5 Å². The largest absolute Gasteiger partial charge is 0.491 e. The third kappa shape index (κ3) is 5.20. The molecule has 2 aromatic carbocycles. The monoisotopic (exact) mass is 470 g/mol. The molecule has 0 N–H and O–H groups in total. The highest BCUT2D eigenvalue weighted by Crippen LogP contribution is 2.36. The van der Waals surface area contributed by atoms with Crippen molar-refractivity contribution in [2.75, 3.05) is 38.1 Å². The van der Waals surface area contributed by atoms with Crippen LogP contribution in [0.5, 0.6) is 5.75 Å². The van der Waals surface area contributed by atoms with Gasteiger partial charge in [-0.3, -0.25) is 0 Å². The van der Waals surface area contributed by atoms with Gasteiger partial charge in [0.05, 0.1) is 6.10 Å². The molecule has 2 aliphatic heterocycles. The minimum Gasteiger partial charge on any atom is -0.491 e. The lowest BCUT2D eigenvalue weighted by molar-refractivity contribution is 0.172. The van der Waals surface area contributed by atoms with Crippen LogP contribution in [-0.2, 0) is 6.42 Å². The zero-order valence-electron chi connectivity index (χ0n) is 18.6. The van der Waals surface area contributed by atoms with Crippen LogP contribution >= 0.6 is 15.9 Å². The molecular formula is C26H35BrN2O. The second-order valence-corrected chi connectivity index (χ2v) is 10.2. The van der Waals surface area contributed by atoms with Crippen LogP contribution in [0.15, 0.2) is 46.9 Å². The number of fused-ring (bicyclic) bond motifs is 1. The molecule has 1 fully saturated rings. The minimum absolute atomic E-state index is 0.215. The van der Waals surface area contributed by atoms with Gasteiger partial charge in [0.25, 0.3) is 0 Å². The molecule has 2 heterocycles. The van der Waals surface area contributed by atoms with Crippen molar-refractivity contribution >= 4 is 21.6 Å². The first kappa shape index (κ1) is 21.7. The second-order valence-electron chi connectivity index (χ2n) is 9.33. The van der Waals surface area contributed by atoms with Crippen LogP contribution < -0.4 is 9.64 Å². The maximum Gasteiger partial charge on any atom is 0.120 e. The molecule has 1 saturated heterocycles. The van der Waals surface area contributed by atoms with Gasteiger partial charge in [-0.25, -0.2) is 0 Å². The number of anilines is 1. The Morgan fingerprint density at radius 3 is 2.57 bits per heavy atom. The van der Waals surface area contributed by atoms with E-state index in [1.807, 2.05) is 0 Å². The normalized spacial score (nSPS) is 20.4. The van der Waals surface area contributed by atoms with Crippen molar-refractivity contribution in [3.05, 3.63) is 58.1 Å². The highest BCUT2D eigenvalue weighted by Gasteiger charge is 2.27. The van der Waals surface area contributed by atoms with E-state index in [0.717, 1.165) is 18.1 Å². The zero-order valence-corrected chi connectivity index (χ0v) is 20.2. The van der Waals surface area contributed by atoms with Crippen molar-refractivity contribution < 1.29 is 4.74 Å². The number of ether oxygens (including phenoxy) is 1. The Hall–Kier alpha value is -1.52. The summed E-state index contributed by atoms with van der Waals surface area (Å²) in [5.74, 6) is 2.42. The van der Waals surface area contributed by atoms with E-state index in [1.54, 1.807) is 5.56 Å². The molecule has 4 heteroatoms. The van der Waals surface area contributed by atoms with Crippen molar-refractivity contribution in [1.29, 1.82) is 0 Å². The summed E-state index contributed by atoms with van der Waals surface area (Å²) in [6.07, 6.45) is 5.20. The Morgan fingerprint density at radius 2 is 1.80 bits per heavy atom. The highest BCUT2D eigenvalue weighted by molar-refractivity contribution is 9.10. The molecule has 0 aromatic heterocycles. The van der Waals surface area contributed by atoms with Crippen molar-refractivity contribution in [3.63, 3.8) is 0 Å². The van der Waals surface area contributed by atoms with Crippen LogP contribution in [0.4, 0.5) is 5.69 Å². The van der Waals surface area contributed by atoms with Crippen LogP contribution in [0, 0.1) is 5.92 Å². The number of rotatable bonds is 6. The van der Waals surface area contributed by atoms with E-state index in [1.165, 1.54) is 61.2 Å². The molecule has 0 saturated carbocycles. The standard InChI is InChI=1S/C26H35BrN2O/c1-19(2)30-23-8-9-25(27)22(17-23)16-20-10-14-29(15-11-20)18-21-12-13-28(3)26-7-5-4-6-24(21)26/h4-9,17,19-21H,10-16,18H2,1-3H3. The predicted octanol–water partition coefficient (Wildman–Crippen LogP) is 6.11. The maximum atomic E-state index is 5.90. The average Bonchev–Trinajstić information content (AvgIpc) is 2.74. The van der Waals surface area contributed by atoms with Crippen LogP contribution in [-0.4, -0.2) is 44.2 Å². The van der Waals surface area contributed by atoms with Crippen molar-refractivity contribution in [3.8, 4) is 5.75 Å². The van der Waals surface area contributed by atoms with Crippen LogP contribution in [0.2, 0.25) is 0 Å². The number of benzene rings is 2. The molecule has 2 aliphatic rings. The predicted molar refractivity (Wildman–Crippen MR) is 130 cm³/mol. The molecular weight excluding hydrogens is 436 g/mol. The Labute approximate surface area is 190 Å². The molecule has 30 heavy (non-hydrogen) atoms. The molecule has 1 atom stereocenters. The van der Waals surface area contributed by atoms with Gasteiger partial charge in [0.15, 0.2) is 0 Å². The van der Waals surface area contributed by atoms with Crippen LogP contribution in [0.1, 0.15) is 50.2 Å². The van der Waals surface area contributed by atoms with Gasteiger partial charge >= 0.3 is 0 Å². The molecule has 0 radical (unpaired) electrons. The fourth-order valence-corrected chi connectivity index (χ4v) is 5.45. The van der Waals surface area contributed by atoms with Crippen molar-refractivity contribution in [2.24, 2.45) is 5.92 Å². The molecule has 3 nitrogen and oxygen atoms in total. The number of hydrogen-bond donors (Lipinski definition) is 0. The van der Waals surface area contributed by atoms with Gasteiger partial charge in [0.2, 0.25) is 0 Å². The molecule has 0 amide bonds. The minimum atomic E-state index is 0.215. The molecule has 4 rings (SSSR count). The zero-order chi connectivity index (χ0) is 21.1. The topological polar surface area (TPSA) is 15.7 Å². The summed E-state index contributed by atoms with van der Waals surface area (Å²) in [4.78, 5) is 5.11. The quantitative estimate of drug-likeness (QED) is 0.505. The number of likely N-dealkylation sites (tertiary alicyclic amines) is 1. The fourth-order valence-electron chi connectivity index (χ4n) is 5.04. The van der Waals surface area contributed by atoms with E-state index in [2.05, 4.69) is 89.1 Å². The lowest BCUT2D eigenvalue weighted by Gasteiger charge is -2.38. The Kier molecular flexibility index (Phi) is 7.05. The summed E-state index contributed by atoms with van der Waals surface area (Å²) < 4.78 is 7.12. The number of piperidine rings is 1. The molecule has 0 aliphatic carbocycles. The number of para-hydroxylation sites is 1. The summed E-state index contributed by atoms with van der Waals surface area (Å²) in [5, 5.41) is 0. The fraction of sp³-hybridized carbons (Fsp3) is 0.538. The molecule has 1 unspecified atom stereocenters. The van der Waals surface area contributed by atoms with E-state index < -0.39 is 0 Å². The summed E-state index contributed by atoms with van der Waals surface area (Å²) in [7, 11) is 2.22. The van der Waals surface area contributed by atoms with Crippen LogP contribution in [0.3, 0.4) is 0 Å². The lowest BCUT2D eigenvalue weighted by Crippen LogP contribution is -2.39. The van der Waals surface area contributed by atoms with Gasteiger partial charge in [0.1, 0.15) is 5.75 Å². The van der Waals surface area contributed by atoms with E-state index in [-0.39, 0.29) is 6.10 Å². The van der Waals surface area contributed by atoms with Crippen molar-refractivity contribution in [1.82, 2.24) is 4.90 Å². The first-order chi connectivity index (χ1) is 14.5. The molecule has 0 bridgehead atoms. The number of hydrogen-bond acceptors (Lipinski definition) is 3. The van der Waals surface area contributed by atoms with E-state index in [0.29, 0.717) is 5.92 Å². The van der Waals surface area contributed by atoms with Crippen molar-refractivity contribution in [2.45, 2.75) is 51.6 Å². The van der Waals surface area contributed by atoms with Gasteiger partial charge in [-0.15, -0.1) is 0 Å². The van der Waals surface area contributed by atoms with Gasteiger partial charge in [-0.2, -0.15) is 0 Å². The van der Waals surface area contributed by atoms with Gasteiger partial charge in [-0.1, -0.05) is 34.1 Å². The molecule has 162 valence electrons. The van der Waals surface area contributed by atoms with E-state index in [4.69, 9.17) is 4.74 Å². The summed E-state index contributed by atoms with van der Waals surface area (Å²) in [5.41, 5.74) is 4.35. The van der Waals surface area contributed by atoms with E-state index in [9.17, 15) is 0 Å². The Bertz CT molecular complexity index is 845. The maximum absolute atomic E-state index is 5.90. The number of nitrogens with zero attached hydrogens (tertiary/aromatic N) is 2.